The van der Waals surface area contributed by atoms with Crippen molar-refractivity contribution in [3.63, 3.8) is 0 Å². The van der Waals surface area contributed by atoms with E-state index in [-0.39, 0.29) is 41.5 Å². The Morgan fingerprint density at radius 3 is 2.52 bits per heavy atom. The second-order valence-electron chi connectivity index (χ2n) is 10.0. The second kappa shape index (κ2) is 12.1. The summed E-state index contributed by atoms with van der Waals surface area (Å²) >= 11 is 6.12. The molecule has 0 radical (unpaired) electrons. The number of benzene rings is 2. The van der Waals surface area contributed by atoms with Crippen molar-refractivity contribution >= 4 is 39.2 Å². The van der Waals surface area contributed by atoms with Crippen LogP contribution in [0.2, 0.25) is 5.02 Å². The Morgan fingerprint density at radius 1 is 1.12 bits per heavy atom. The molecule has 2 heterocycles. The van der Waals surface area contributed by atoms with Crippen LogP contribution in [0.3, 0.4) is 0 Å². The van der Waals surface area contributed by atoms with Crippen molar-refractivity contribution in [2.75, 3.05) is 16.6 Å². The molecule has 1 saturated carbocycles. The molecule has 220 valence electrons. The van der Waals surface area contributed by atoms with Gasteiger partial charge in [-0.05, 0) is 49.9 Å². The molecule has 4 N–H and O–H groups in total. The molecule has 1 aliphatic heterocycles. The van der Waals surface area contributed by atoms with Crippen LogP contribution in [0.5, 0.6) is 5.75 Å². The molecule has 0 bridgehead atoms. The number of hydrogen-bond donors (Lipinski definition) is 4. The summed E-state index contributed by atoms with van der Waals surface area (Å²) in [4.78, 5) is 19.1. The topological polar surface area (TPSA) is 151 Å². The lowest BCUT2D eigenvalue weighted by atomic mass is 9.93. The van der Waals surface area contributed by atoms with Crippen molar-refractivity contribution in [2.24, 2.45) is 0 Å². The lowest BCUT2D eigenvalue weighted by Crippen LogP contribution is -2.28. The van der Waals surface area contributed by atoms with Crippen LogP contribution in [-0.4, -0.2) is 53.3 Å². The molecule has 1 aromatic heterocycles. The van der Waals surface area contributed by atoms with Crippen LogP contribution in [0.25, 0.3) is 0 Å². The molecule has 2 aliphatic rings. The Kier molecular flexibility index (Phi) is 8.49. The Balaban J connectivity index is 1.36. The van der Waals surface area contributed by atoms with Crippen molar-refractivity contribution in [3.05, 3.63) is 70.0 Å². The summed E-state index contributed by atoms with van der Waals surface area (Å²) in [6.45, 7) is -0.0688. The molecule has 14 heteroatoms. The van der Waals surface area contributed by atoms with E-state index in [4.69, 9.17) is 21.4 Å². The number of anilines is 2. The van der Waals surface area contributed by atoms with Gasteiger partial charge in [0.25, 0.3) is 10.0 Å². The fourth-order valence-electron chi connectivity index (χ4n) is 4.85. The SMILES string of the molecule is O=C(O)CC1COc2c1cc(Cl)cc2S(=O)(=O)Nc1ccc(F)c(C#Cc2cnc(NC3CCC(O)CC3)nc2)c1F. The normalized spacial score (nSPS) is 19.7. The molecule has 1 aliphatic carbocycles. The number of aliphatic hydroxyl groups is 1. The number of aromatic nitrogens is 2. The zero-order valence-electron chi connectivity index (χ0n) is 21.9. The van der Waals surface area contributed by atoms with Crippen molar-refractivity contribution in [2.45, 2.75) is 55.1 Å². The number of carbonyl (C=O) groups is 1. The molecule has 0 amide bonds. The van der Waals surface area contributed by atoms with Gasteiger partial charge in [0.1, 0.15) is 16.5 Å². The van der Waals surface area contributed by atoms with E-state index in [1.54, 1.807) is 0 Å². The number of aliphatic carboxylic acids is 1. The highest BCUT2D eigenvalue weighted by atomic mass is 35.5. The zero-order valence-corrected chi connectivity index (χ0v) is 23.5. The van der Waals surface area contributed by atoms with Gasteiger partial charge >= 0.3 is 5.97 Å². The molecule has 10 nitrogen and oxygen atoms in total. The van der Waals surface area contributed by atoms with Gasteiger partial charge in [-0.15, -0.1) is 0 Å². The number of carboxylic acids is 1. The number of nitrogens with one attached hydrogen (secondary N) is 2. The monoisotopic (exact) mass is 618 g/mol. The Morgan fingerprint density at radius 2 is 1.83 bits per heavy atom. The molecule has 5 rings (SSSR count). The third-order valence-electron chi connectivity index (χ3n) is 6.98. The summed E-state index contributed by atoms with van der Waals surface area (Å²) in [5, 5.41) is 22.0. The quantitative estimate of drug-likeness (QED) is 0.285. The number of ether oxygens (including phenoxy) is 1. The third kappa shape index (κ3) is 6.56. The minimum Gasteiger partial charge on any atom is -0.491 e. The number of halogens is 3. The van der Waals surface area contributed by atoms with Crippen molar-refractivity contribution in [1.82, 2.24) is 9.97 Å². The number of carboxylic acid groups (broad SMARTS) is 1. The molecular weight excluding hydrogens is 594 g/mol. The Bertz CT molecular complexity index is 1690. The van der Waals surface area contributed by atoms with Gasteiger partial charge in [-0.3, -0.25) is 9.52 Å². The predicted molar refractivity (Wildman–Crippen MR) is 149 cm³/mol. The average Bonchev–Trinajstić information content (AvgIpc) is 3.33. The number of nitrogens with zero attached hydrogens (tertiary/aromatic N) is 2. The summed E-state index contributed by atoms with van der Waals surface area (Å²) in [5.74, 6) is 1.27. The van der Waals surface area contributed by atoms with E-state index in [0.29, 0.717) is 24.4 Å². The average molecular weight is 619 g/mol. The maximum Gasteiger partial charge on any atom is 0.304 e. The largest absolute Gasteiger partial charge is 0.491 e. The summed E-state index contributed by atoms with van der Waals surface area (Å²) in [5.41, 5.74) is -0.667. The maximum atomic E-state index is 15.3. The summed E-state index contributed by atoms with van der Waals surface area (Å²) < 4.78 is 64.0. The zero-order chi connectivity index (χ0) is 30.0. The van der Waals surface area contributed by atoms with Gasteiger partial charge in [-0.25, -0.2) is 27.2 Å². The van der Waals surface area contributed by atoms with Crippen LogP contribution in [0.15, 0.2) is 41.6 Å². The number of aliphatic hydroxyl groups excluding tert-OH is 1. The van der Waals surface area contributed by atoms with Crippen LogP contribution in [0.4, 0.5) is 20.4 Å². The van der Waals surface area contributed by atoms with Gasteiger partial charge in [0.2, 0.25) is 5.95 Å². The standard InChI is InChI=1S/C28H25ClF2N4O6S/c29-17-10-21-16(9-25(37)38)14-41-27(21)24(11-17)42(39,40)35-23-8-7-22(30)20(26(23)31)6-1-15-12-32-28(33-13-15)34-18-2-4-19(36)5-3-18/h7-8,10-13,16,18-19,35-36H,2-5,9,14H2,(H,37,38)(H,32,33,34). The fourth-order valence-corrected chi connectivity index (χ4v) is 6.40. The maximum absolute atomic E-state index is 15.3. The molecule has 1 fully saturated rings. The molecule has 1 unspecified atom stereocenters. The van der Waals surface area contributed by atoms with Gasteiger partial charge in [0.05, 0.1) is 35.9 Å². The first-order valence-corrected chi connectivity index (χ1v) is 14.8. The van der Waals surface area contributed by atoms with E-state index in [1.165, 1.54) is 18.5 Å². The second-order valence-corrected chi connectivity index (χ2v) is 12.1. The van der Waals surface area contributed by atoms with Gasteiger partial charge in [-0.1, -0.05) is 23.4 Å². The smallest absolute Gasteiger partial charge is 0.304 e. The molecular formula is C28H25ClF2N4O6S. The van der Waals surface area contributed by atoms with E-state index in [0.717, 1.165) is 31.0 Å². The van der Waals surface area contributed by atoms with Gasteiger partial charge in [0, 0.05) is 34.9 Å². The fraction of sp³-hybridized carbons (Fsp3) is 0.321. The van der Waals surface area contributed by atoms with Crippen molar-refractivity contribution in [3.8, 4) is 17.6 Å². The highest BCUT2D eigenvalue weighted by Gasteiger charge is 2.34. The molecule has 42 heavy (non-hydrogen) atoms. The first-order valence-electron chi connectivity index (χ1n) is 13.0. The highest BCUT2D eigenvalue weighted by molar-refractivity contribution is 7.92. The highest BCUT2D eigenvalue weighted by Crippen LogP contribution is 2.43. The Labute approximate surface area is 245 Å². The minimum absolute atomic E-state index is 0.0159. The first kappa shape index (κ1) is 29.5. The van der Waals surface area contributed by atoms with E-state index >= 15 is 4.39 Å². The van der Waals surface area contributed by atoms with Crippen LogP contribution < -0.4 is 14.8 Å². The van der Waals surface area contributed by atoms with E-state index in [9.17, 15) is 22.7 Å². The molecule has 0 spiro atoms. The molecule has 0 saturated heterocycles. The van der Waals surface area contributed by atoms with Crippen molar-refractivity contribution < 1.29 is 36.9 Å². The Hall–Kier alpha value is -3.99. The van der Waals surface area contributed by atoms with Crippen LogP contribution >= 0.6 is 11.6 Å². The van der Waals surface area contributed by atoms with E-state index in [1.807, 2.05) is 0 Å². The molecule has 1 atom stereocenters. The predicted octanol–water partition coefficient (Wildman–Crippen LogP) is 4.27. The first-order chi connectivity index (χ1) is 20.0. The van der Waals surface area contributed by atoms with Gasteiger partial charge in [-0.2, -0.15) is 0 Å². The van der Waals surface area contributed by atoms with Crippen LogP contribution in [0, 0.1) is 23.5 Å². The van der Waals surface area contributed by atoms with Gasteiger partial charge in [0.15, 0.2) is 5.82 Å². The minimum atomic E-state index is -4.51. The van der Waals surface area contributed by atoms with Crippen LogP contribution in [-0.2, 0) is 14.8 Å². The number of hydrogen-bond acceptors (Lipinski definition) is 8. The van der Waals surface area contributed by atoms with E-state index in [2.05, 4.69) is 31.8 Å². The number of sulfonamides is 1. The summed E-state index contributed by atoms with van der Waals surface area (Å²) in [6, 6.07) is 4.45. The van der Waals surface area contributed by atoms with E-state index < -0.39 is 49.7 Å². The summed E-state index contributed by atoms with van der Waals surface area (Å²) in [7, 11) is -4.51. The molecule has 3 aromatic rings. The van der Waals surface area contributed by atoms with Gasteiger partial charge < -0.3 is 20.3 Å². The van der Waals surface area contributed by atoms with Crippen LogP contribution in [0.1, 0.15) is 54.7 Å². The van der Waals surface area contributed by atoms with Crippen molar-refractivity contribution in [1.29, 1.82) is 0 Å². The third-order valence-corrected chi connectivity index (χ3v) is 8.57. The molecule has 2 aromatic carbocycles. The summed E-state index contributed by atoms with van der Waals surface area (Å²) in [6.07, 6.45) is 5.13. The number of fused-ring (bicyclic) bond motifs is 1. The lowest BCUT2D eigenvalue weighted by Gasteiger charge is -2.25. The number of rotatable bonds is 7. The lowest BCUT2D eigenvalue weighted by molar-refractivity contribution is -0.137.